The topological polar surface area (TPSA) is 68.0 Å². The fourth-order valence-corrected chi connectivity index (χ4v) is 3.85. The average molecular weight is 428 g/mol. The van der Waals surface area contributed by atoms with Gasteiger partial charge in [-0.3, -0.25) is 4.79 Å². The number of carbonyl (C=O) groups excluding carboxylic acids is 1. The molecule has 0 aliphatic heterocycles. The molecule has 146 valence electrons. The van der Waals surface area contributed by atoms with E-state index in [-0.39, 0.29) is 10.9 Å². The Morgan fingerprint density at radius 1 is 1.17 bits per heavy atom. The van der Waals surface area contributed by atoms with Gasteiger partial charge in [0, 0.05) is 5.39 Å². The first-order valence-corrected chi connectivity index (χ1v) is 10.0. The fraction of sp³-hybridized carbons (Fsp3) is 0.0952. The van der Waals surface area contributed by atoms with Crippen molar-refractivity contribution in [1.82, 2.24) is 9.97 Å². The zero-order valence-electron chi connectivity index (χ0n) is 15.2. The molecule has 8 heteroatoms. The lowest BCUT2D eigenvalue weighted by atomic mass is 10.2. The predicted octanol–water partition coefficient (Wildman–Crippen LogP) is 5.80. The Balaban J connectivity index is 1.61. The molecule has 0 aliphatic rings. The van der Waals surface area contributed by atoms with Crippen molar-refractivity contribution in [2.75, 3.05) is 5.32 Å². The predicted molar refractivity (Wildman–Crippen MR) is 113 cm³/mol. The number of benzene rings is 2. The number of furan rings is 1. The average Bonchev–Trinajstić information content (AvgIpc) is 3.25. The molecule has 2 aromatic carbocycles. The van der Waals surface area contributed by atoms with Crippen molar-refractivity contribution in [2.45, 2.75) is 17.2 Å². The molecule has 5 nitrogen and oxygen atoms in total. The maximum Gasteiger partial charge on any atom is 0.237 e. The Kier molecular flexibility index (Phi) is 5.51. The van der Waals surface area contributed by atoms with Crippen molar-refractivity contribution in [3.05, 3.63) is 71.7 Å². The minimum atomic E-state index is -0.487. The smallest absolute Gasteiger partial charge is 0.237 e. The van der Waals surface area contributed by atoms with E-state index >= 15 is 0 Å². The number of thioether (sulfide) groups is 1. The third-order valence-electron chi connectivity index (χ3n) is 4.16. The maximum absolute atomic E-state index is 13.2. The molecule has 2 aromatic heterocycles. The molecule has 1 N–H and O–H groups in total. The van der Waals surface area contributed by atoms with E-state index in [2.05, 4.69) is 15.3 Å². The molecular weight excluding hydrogens is 413 g/mol. The molecule has 4 rings (SSSR count). The Morgan fingerprint density at radius 3 is 2.76 bits per heavy atom. The molecule has 1 atom stereocenters. The van der Waals surface area contributed by atoms with Crippen molar-refractivity contribution in [3.63, 3.8) is 0 Å². The summed E-state index contributed by atoms with van der Waals surface area (Å²) in [6.45, 7) is 1.76. The van der Waals surface area contributed by atoms with Crippen LogP contribution in [0, 0.1) is 5.82 Å². The summed E-state index contributed by atoms with van der Waals surface area (Å²) in [7, 11) is 0. The molecule has 4 aromatic rings. The number of nitrogens with zero attached hydrogens (tertiary/aromatic N) is 2. The minimum absolute atomic E-state index is 0.142. The third-order valence-corrected chi connectivity index (χ3v) is 5.57. The van der Waals surface area contributed by atoms with Gasteiger partial charge in [-0.25, -0.2) is 14.4 Å². The van der Waals surface area contributed by atoms with Crippen molar-refractivity contribution in [1.29, 1.82) is 0 Å². The van der Waals surface area contributed by atoms with E-state index in [1.54, 1.807) is 25.3 Å². The third kappa shape index (κ3) is 4.26. The lowest BCUT2D eigenvalue weighted by Crippen LogP contribution is -2.22. The van der Waals surface area contributed by atoms with Crippen molar-refractivity contribution in [2.24, 2.45) is 0 Å². The number of amides is 1. The van der Waals surface area contributed by atoms with Crippen LogP contribution in [-0.2, 0) is 4.79 Å². The number of para-hydroxylation sites is 1. The van der Waals surface area contributed by atoms with E-state index in [1.807, 2.05) is 24.3 Å². The molecule has 0 bridgehead atoms. The first-order valence-electron chi connectivity index (χ1n) is 8.74. The summed E-state index contributed by atoms with van der Waals surface area (Å²) in [5.41, 5.74) is 1.11. The van der Waals surface area contributed by atoms with Gasteiger partial charge in [0.2, 0.25) is 5.91 Å². The summed E-state index contributed by atoms with van der Waals surface area (Å²) in [4.78, 5) is 21.8. The zero-order valence-corrected chi connectivity index (χ0v) is 16.8. The number of anilines is 1. The van der Waals surface area contributed by atoms with E-state index in [0.717, 1.165) is 17.0 Å². The molecule has 0 aliphatic carbocycles. The Labute approximate surface area is 175 Å². The SMILES string of the molecule is CC(Sc1nc(-c2ccco2)nc2ccccc12)C(=O)Nc1ccc(F)cc1Cl. The molecule has 2 heterocycles. The summed E-state index contributed by atoms with van der Waals surface area (Å²) < 4.78 is 18.6. The molecule has 0 spiro atoms. The van der Waals surface area contributed by atoms with Crippen molar-refractivity contribution >= 4 is 45.9 Å². The van der Waals surface area contributed by atoms with Gasteiger partial charge in [-0.15, -0.1) is 0 Å². The van der Waals surface area contributed by atoms with Crippen LogP contribution in [0.25, 0.3) is 22.5 Å². The molecule has 0 fully saturated rings. The van der Waals surface area contributed by atoms with Gasteiger partial charge in [0.05, 0.1) is 27.7 Å². The van der Waals surface area contributed by atoms with E-state index in [4.69, 9.17) is 16.0 Å². The van der Waals surface area contributed by atoms with Crippen LogP contribution in [0.4, 0.5) is 10.1 Å². The summed E-state index contributed by atoms with van der Waals surface area (Å²) in [6.07, 6.45) is 1.56. The molecule has 1 amide bonds. The molecular formula is C21H15ClFN3O2S. The van der Waals surface area contributed by atoms with Crippen molar-refractivity contribution < 1.29 is 13.6 Å². The highest BCUT2D eigenvalue weighted by molar-refractivity contribution is 8.00. The maximum atomic E-state index is 13.2. The number of rotatable bonds is 5. The lowest BCUT2D eigenvalue weighted by Gasteiger charge is -2.14. The van der Waals surface area contributed by atoms with E-state index in [9.17, 15) is 9.18 Å². The summed E-state index contributed by atoms with van der Waals surface area (Å²) >= 11 is 7.30. The molecule has 0 saturated carbocycles. The quantitative estimate of drug-likeness (QED) is 0.322. The summed E-state index contributed by atoms with van der Waals surface area (Å²) in [5.74, 6) is 0.261. The van der Waals surface area contributed by atoms with E-state index in [1.165, 1.54) is 23.9 Å². The van der Waals surface area contributed by atoms with Crippen molar-refractivity contribution in [3.8, 4) is 11.6 Å². The highest BCUT2D eigenvalue weighted by atomic mass is 35.5. The standard InChI is InChI=1S/C21H15ClFN3O2S/c1-12(20(27)25-17-9-8-13(23)11-15(17)22)29-21-14-5-2-3-6-16(14)24-19(26-21)18-7-4-10-28-18/h2-12H,1H3,(H,25,27). The lowest BCUT2D eigenvalue weighted by molar-refractivity contribution is -0.115. The molecule has 0 saturated heterocycles. The fourth-order valence-electron chi connectivity index (χ4n) is 2.70. The van der Waals surface area contributed by atoms with Crippen LogP contribution in [0.15, 0.2) is 70.3 Å². The number of carbonyl (C=O) groups is 1. The van der Waals surface area contributed by atoms with Gasteiger partial charge in [-0.05, 0) is 43.3 Å². The van der Waals surface area contributed by atoms with Crippen LogP contribution < -0.4 is 5.32 Å². The highest BCUT2D eigenvalue weighted by Crippen LogP contribution is 2.32. The zero-order chi connectivity index (χ0) is 20.4. The van der Waals surface area contributed by atoms with E-state index in [0.29, 0.717) is 22.3 Å². The monoisotopic (exact) mass is 427 g/mol. The molecule has 1 unspecified atom stereocenters. The normalized spacial score (nSPS) is 12.1. The number of aromatic nitrogens is 2. The number of nitrogens with one attached hydrogen (secondary N) is 1. The van der Waals surface area contributed by atoms with Crippen LogP contribution in [0.3, 0.4) is 0 Å². The highest BCUT2D eigenvalue weighted by Gasteiger charge is 2.20. The number of hydrogen-bond acceptors (Lipinski definition) is 5. The Bertz CT molecular complexity index is 1180. The summed E-state index contributed by atoms with van der Waals surface area (Å²) in [6, 6.07) is 15.0. The van der Waals surface area contributed by atoms with Crippen LogP contribution in [-0.4, -0.2) is 21.1 Å². The second-order valence-electron chi connectivity index (χ2n) is 6.22. The summed E-state index contributed by atoms with van der Waals surface area (Å²) in [5, 5.41) is 3.88. The van der Waals surface area contributed by atoms with Crippen LogP contribution in [0.5, 0.6) is 0 Å². The number of hydrogen-bond donors (Lipinski definition) is 1. The second kappa shape index (κ2) is 8.23. The van der Waals surface area contributed by atoms with Gasteiger partial charge >= 0.3 is 0 Å². The largest absolute Gasteiger partial charge is 0.461 e. The number of fused-ring (bicyclic) bond motifs is 1. The first kappa shape index (κ1) is 19.4. The van der Waals surface area contributed by atoms with Gasteiger partial charge in [0.15, 0.2) is 11.6 Å². The van der Waals surface area contributed by atoms with Gasteiger partial charge in [0.25, 0.3) is 0 Å². The van der Waals surface area contributed by atoms with E-state index < -0.39 is 11.1 Å². The minimum Gasteiger partial charge on any atom is -0.461 e. The van der Waals surface area contributed by atoms with Gasteiger partial charge in [-0.1, -0.05) is 41.6 Å². The first-order chi connectivity index (χ1) is 14.0. The second-order valence-corrected chi connectivity index (χ2v) is 7.96. The van der Waals surface area contributed by atoms with Crippen LogP contribution in [0.2, 0.25) is 5.02 Å². The molecule has 29 heavy (non-hydrogen) atoms. The molecule has 0 radical (unpaired) electrons. The number of halogens is 2. The van der Waals surface area contributed by atoms with Gasteiger partial charge < -0.3 is 9.73 Å². The van der Waals surface area contributed by atoms with Crippen LogP contribution in [0.1, 0.15) is 6.92 Å². The Morgan fingerprint density at radius 2 is 2.00 bits per heavy atom. The Hall–Kier alpha value is -2.90. The van der Waals surface area contributed by atoms with Gasteiger partial charge in [-0.2, -0.15) is 0 Å². The van der Waals surface area contributed by atoms with Gasteiger partial charge in [0.1, 0.15) is 10.8 Å². The van der Waals surface area contributed by atoms with Crippen LogP contribution >= 0.6 is 23.4 Å².